The van der Waals surface area contributed by atoms with Gasteiger partial charge in [0.1, 0.15) is 5.75 Å². The zero-order valence-electron chi connectivity index (χ0n) is 19.7. The first-order valence-electron chi connectivity index (χ1n) is 11.0. The number of nitrogens with zero attached hydrogens (tertiary/aromatic N) is 3. The van der Waals surface area contributed by atoms with Crippen LogP contribution in [0.1, 0.15) is 27.0 Å². The number of aromatic nitrogens is 1. The maximum absolute atomic E-state index is 13.0. The number of hydrogen-bond donors (Lipinski definition) is 3. The average molecular weight is 506 g/mol. The van der Waals surface area contributed by atoms with E-state index in [4.69, 9.17) is 10.1 Å². The Morgan fingerprint density at radius 3 is 2.51 bits per heavy atom. The molecule has 8 nitrogen and oxygen atoms in total. The van der Waals surface area contributed by atoms with Crippen LogP contribution in [0.3, 0.4) is 0 Å². The Morgan fingerprint density at radius 1 is 1.05 bits per heavy atom. The van der Waals surface area contributed by atoms with Gasteiger partial charge in [-0.05, 0) is 55.0 Å². The summed E-state index contributed by atoms with van der Waals surface area (Å²) in [5.41, 5.74) is 0.888. The molecule has 188 valence electrons. The van der Waals surface area contributed by atoms with Gasteiger partial charge in [-0.3, -0.25) is 15.2 Å². The summed E-state index contributed by atoms with van der Waals surface area (Å²) < 4.78 is 45.1. The van der Waals surface area contributed by atoms with Gasteiger partial charge in [0.25, 0.3) is 5.91 Å². The lowest BCUT2D eigenvalue weighted by molar-refractivity contribution is -0.137. The second-order valence-electron chi connectivity index (χ2n) is 7.90. The first kappa shape index (κ1) is 25.3. The summed E-state index contributed by atoms with van der Waals surface area (Å²) in [4.78, 5) is 25.5. The van der Waals surface area contributed by atoms with E-state index in [2.05, 4.69) is 25.6 Å². The standard InChI is InChI=1S/C26H21F3N6O2/c1-15-6-7-17(24(36)33-19-5-3-4-18(13-19)26(27,28)29)12-21(15)37-25-20(14-31-2)22(30)34-23(35-25)16-8-10-32-11-9-16/h3-14,30-31H,1-2H3,(H,33,36)/b20-14+,30-22?. The van der Waals surface area contributed by atoms with Crippen molar-refractivity contribution in [3.05, 3.63) is 101 Å². The highest BCUT2D eigenvalue weighted by Gasteiger charge is 2.30. The predicted octanol–water partition coefficient (Wildman–Crippen LogP) is 4.98. The highest BCUT2D eigenvalue weighted by atomic mass is 19.4. The number of hydrogen-bond acceptors (Lipinski definition) is 6. The van der Waals surface area contributed by atoms with Crippen LogP contribution in [-0.2, 0) is 6.18 Å². The van der Waals surface area contributed by atoms with E-state index in [0.717, 1.165) is 12.1 Å². The summed E-state index contributed by atoms with van der Waals surface area (Å²) in [7, 11) is 1.66. The van der Waals surface area contributed by atoms with Crippen LogP contribution in [-0.4, -0.2) is 35.5 Å². The molecule has 0 spiro atoms. The third-order valence-electron chi connectivity index (χ3n) is 5.24. The van der Waals surface area contributed by atoms with Crippen molar-refractivity contribution in [1.82, 2.24) is 10.3 Å². The molecule has 0 radical (unpaired) electrons. The van der Waals surface area contributed by atoms with Gasteiger partial charge in [-0.25, -0.2) is 4.99 Å². The van der Waals surface area contributed by atoms with Crippen molar-refractivity contribution in [3.8, 4) is 5.75 Å². The summed E-state index contributed by atoms with van der Waals surface area (Å²) in [6.45, 7) is 1.76. The topological polar surface area (TPSA) is 112 Å². The van der Waals surface area contributed by atoms with E-state index in [0.29, 0.717) is 16.7 Å². The Morgan fingerprint density at radius 2 is 1.81 bits per heavy atom. The fourth-order valence-corrected chi connectivity index (χ4v) is 3.36. The number of halogens is 3. The van der Waals surface area contributed by atoms with Gasteiger partial charge in [-0.15, -0.1) is 0 Å². The molecular formula is C26H21F3N6O2. The second kappa shape index (κ2) is 10.4. The van der Waals surface area contributed by atoms with Crippen molar-refractivity contribution < 1.29 is 22.7 Å². The van der Waals surface area contributed by atoms with Crippen molar-refractivity contribution >= 4 is 29.2 Å². The molecule has 0 atom stereocenters. The van der Waals surface area contributed by atoms with Crippen LogP contribution in [0.15, 0.2) is 88.7 Å². The van der Waals surface area contributed by atoms with Gasteiger partial charge in [0, 0.05) is 42.5 Å². The minimum atomic E-state index is -4.53. The monoisotopic (exact) mass is 506 g/mol. The van der Waals surface area contributed by atoms with Gasteiger partial charge < -0.3 is 15.4 Å². The maximum Gasteiger partial charge on any atom is 0.416 e. The summed E-state index contributed by atoms with van der Waals surface area (Å²) >= 11 is 0. The van der Waals surface area contributed by atoms with Gasteiger partial charge in [0.15, 0.2) is 11.7 Å². The first-order valence-corrected chi connectivity index (χ1v) is 11.0. The number of carbonyl (C=O) groups excluding carboxylic acids is 1. The van der Waals surface area contributed by atoms with E-state index in [1.54, 1.807) is 44.6 Å². The molecule has 0 bridgehead atoms. The molecule has 4 rings (SSSR count). The van der Waals surface area contributed by atoms with Crippen LogP contribution in [0.25, 0.3) is 0 Å². The van der Waals surface area contributed by atoms with E-state index in [-0.39, 0.29) is 34.6 Å². The molecule has 1 aromatic heterocycles. The van der Waals surface area contributed by atoms with Gasteiger partial charge in [-0.2, -0.15) is 18.2 Å². The molecule has 1 aliphatic rings. The number of carbonyl (C=O) groups is 1. The van der Waals surface area contributed by atoms with E-state index in [1.807, 2.05) is 0 Å². The molecule has 3 aromatic rings. The van der Waals surface area contributed by atoms with E-state index >= 15 is 0 Å². The fraction of sp³-hybridized carbons (Fsp3) is 0.115. The van der Waals surface area contributed by atoms with Crippen molar-refractivity contribution in [3.63, 3.8) is 0 Å². The number of ether oxygens (including phenoxy) is 1. The minimum absolute atomic E-state index is 0.00501. The average Bonchev–Trinajstić information content (AvgIpc) is 2.87. The largest absolute Gasteiger partial charge is 0.438 e. The Bertz CT molecular complexity index is 1450. The molecule has 0 unspecified atom stereocenters. The van der Waals surface area contributed by atoms with Gasteiger partial charge >= 0.3 is 6.18 Å². The molecule has 0 saturated carbocycles. The summed E-state index contributed by atoms with van der Waals surface area (Å²) in [5, 5.41) is 13.7. The Hall–Kier alpha value is -4.80. The third kappa shape index (κ3) is 5.89. The Kier molecular flexibility index (Phi) is 7.14. The van der Waals surface area contributed by atoms with Crippen LogP contribution < -0.4 is 15.4 Å². The highest BCUT2D eigenvalue weighted by Crippen LogP contribution is 2.31. The van der Waals surface area contributed by atoms with Gasteiger partial charge in [0.05, 0.1) is 11.1 Å². The normalized spacial score (nSPS) is 14.6. The number of pyridine rings is 1. The maximum atomic E-state index is 13.0. The number of aryl methyl sites for hydroxylation is 1. The lowest BCUT2D eigenvalue weighted by atomic mass is 10.1. The summed E-state index contributed by atoms with van der Waals surface area (Å²) in [5.74, 6) is -0.0811. The molecule has 0 aliphatic carbocycles. The molecule has 11 heteroatoms. The van der Waals surface area contributed by atoms with Crippen molar-refractivity contribution in [1.29, 1.82) is 5.41 Å². The number of amidine groups is 2. The fourth-order valence-electron chi connectivity index (χ4n) is 3.36. The van der Waals surface area contributed by atoms with E-state index in [1.165, 1.54) is 30.5 Å². The van der Waals surface area contributed by atoms with Crippen LogP contribution in [0.4, 0.5) is 18.9 Å². The smallest absolute Gasteiger partial charge is 0.416 e. The van der Waals surface area contributed by atoms with Crippen molar-refractivity contribution in [2.75, 3.05) is 12.4 Å². The Labute approximate surface area is 210 Å². The van der Waals surface area contributed by atoms with Crippen LogP contribution in [0.5, 0.6) is 5.75 Å². The SMILES string of the molecule is CN/C=C1\C(=N)N=C(c2ccncc2)N=C1Oc1cc(C(=O)Nc2cccc(C(F)(F)F)c2)ccc1C. The number of anilines is 1. The molecule has 0 saturated heterocycles. The number of benzene rings is 2. The number of nitrogens with one attached hydrogen (secondary N) is 3. The van der Waals surface area contributed by atoms with E-state index < -0.39 is 17.6 Å². The molecule has 2 aromatic carbocycles. The zero-order valence-corrected chi connectivity index (χ0v) is 19.7. The summed E-state index contributed by atoms with van der Waals surface area (Å²) in [6.07, 6.45) is 0.144. The molecule has 2 heterocycles. The quantitative estimate of drug-likeness (QED) is 0.453. The third-order valence-corrected chi connectivity index (χ3v) is 5.24. The van der Waals surface area contributed by atoms with Gasteiger partial charge in [-0.1, -0.05) is 12.1 Å². The molecule has 3 N–H and O–H groups in total. The molecular weight excluding hydrogens is 485 g/mol. The Balaban J connectivity index is 1.63. The number of rotatable bonds is 5. The van der Waals surface area contributed by atoms with Crippen LogP contribution in [0.2, 0.25) is 0 Å². The van der Waals surface area contributed by atoms with Crippen LogP contribution in [0, 0.1) is 12.3 Å². The van der Waals surface area contributed by atoms with Crippen molar-refractivity contribution in [2.24, 2.45) is 9.98 Å². The lowest BCUT2D eigenvalue weighted by Crippen LogP contribution is -2.26. The molecule has 1 aliphatic heterocycles. The first-order chi connectivity index (χ1) is 17.7. The number of aliphatic imine (C=N–C) groups is 2. The van der Waals surface area contributed by atoms with E-state index in [9.17, 15) is 18.0 Å². The minimum Gasteiger partial charge on any atom is -0.438 e. The highest BCUT2D eigenvalue weighted by molar-refractivity contribution is 6.30. The van der Waals surface area contributed by atoms with Crippen molar-refractivity contribution in [2.45, 2.75) is 13.1 Å². The number of alkyl halides is 3. The molecule has 0 fully saturated rings. The predicted molar refractivity (Wildman–Crippen MR) is 134 cm³/mol. The van der Waals surface area contributed by atoms with Gasteiger partial charge in [0.2, 0.25) is 5.90 Å². The summed E-state index contributed by atoms with van der Waals surface area (Å²) in [6, 6.07) is 12.4. The molecule has 37 heavy (non-hydrogen) atoms. The lowest BCUT2D eigenvalue weighted by Gasteiger charge is -2.18. The molecule has 1 amide bonds. The van der Waals surface area contributed by atoms with Crippen LogP contribution >= 0.6 is 0 Å². The zero-order chi connectivity index (χ0) is 26.6. The second-order valence-corrected chi connectivity index (χ2v) is 7.90. The number of amides is 1.